The molecule has 1 aliphatic heterocycles. The van der Waals surface area contributed by atoms with Crippen LogP contribution in [0.5, 0.6) is 0 Å². The summed E-state index contributed by atoms with van der Waals surface area (Å²) < 4.78 is 0. The summed E-state index contributed by atoms with van der Waals surface area (Å²) in [6.07, 6.45) is 13.4. The van der Waals surface area contributed by atoms with Crippen LogP contribution in [0.4, 0.5) is 0 Å². The first kappa shape index (κ1) is 18.8. The minimum atomic E-state index is -0.179. The molecule has 0 radical (unpaired) electrons. The molecule has 1 N–H and O–H groups in total. The van der Waals surface area contributed by atoms with Crippen molar-refractivity contribution in [2.24, 2.45) is 5.92 Å². The Bertz CT molecular complexity index is 853. The van der Waals surface area contributed by atoms with Crippen LogP contribution in [0.15, 0.2) is 29.5 Å². The Balaban J connectivity index is 1.39. The van der Waals surface area contributed by atoms with E-state index in [-0.39, 0.29) is 11.5 Å². The number of H-pyrrole nitrogens is 1. The molecule has 2 aliphatic rings. The minimum Gasteiger partial charge on any atom is -0.343 e. The lowest BCUT2D eigenvalue weighted by Crippen LogP contribution is -2.39. The fourth-order valence-electron chi connectivity index (χ4n) is 4.42. The average Bonchev–Trinajstić information content (AvgIpc) is 2.75. The van der Waals surface area contributed by atoms with E-state index in [0.717, 1.165) is 31.6 Å². The molecule has 0 bridgehead atoms. The maximum atomic E-state index is 12.6. The van der Waals surface area contributed by atoms with Crippen molar-refractivity contribution in [3.05, 3.63) is 40.7 Å². The van der Waals surface area contributed by atoms with E-state index < -0.39 is 0 Å². The summed E-state index contributed by atoms with van der Waals surface area (Å²) >= 11 is 0. The van der Waals surface area contributed by atoms with Gasteiger partial charge in [-0.3, -0.25) is 14.6 Å². The van der Waals surface area contributed by atoms with Crippen molar-refractivity contribution in [3.8, 4) is 11.5 Å². The summed E-state index contributed by atoms with van der Waals surface area (Å²) in [4.78, 5) is 42.4. The van der Waals surface area contributed by atoms with Gasteiger partial charge in [0.2, 0.25) is 5.91 Å². The zero-order valence-electron chi connectivity index (χ0n) is 16.1. The average molecular weight is 381 g/mol. The van der Waals surface area contributed by atoms with E-state index in [2.05, 4.69) is 19.9 Å². The molecule has 28 heavy (non-hydrogen) atoms. The molecule has 0 aromatic carbocycles. The second-order valence-electron chi connectivity index (χ2n) is 7.97. The molecule has 3 heterocycles. The highest BCUT2D eigenvalue weighted by Gasteiger charge is 2.27. The van der Waals surface area contributed by atoms with Crippen molar-refractivity contribution in [1.82, 2.24) is 24.8 Å². The zero-order valence-corrected chi connectivity index (χ0v) is 16.1. The smallest absolute Gasteiger partial charge is 0.251 e. The maximum Gasteiger partial charge on any atom is 0.251 e. The summed E-state index contributed by atoms with van der Waals surface area (Å²) in [6.45, 7) is 1.48. The van der Waals surface area contributed by atoms with Crippen LogP contribution in [0, 0.1) is 5.92 Å². The standard InChI is InChI=1S/C21H27N5O2/c27-19-13-17(24-21(25-19)18-14-22-8-9-23-18)16-6-10-26(11-7-16)20(28)12-15-4-2-1-3-5-15/h8-9,13-16H,1-7,10-12H2,(H,24,25,27). The van der Waals surface area contributed by atoms with E-state index in [9.17, 15) is 9.59 Å². The van der Waals surface area contributed by atoms with E-state index in [1.54, 1.807) is 24.7 Å². The van der Waals surface area contributed by atoms with Gasteiger partial charge in [-0.15, -0.1) is 0 Å². The molecule has 2 aromatic heterocycles. The van der Waals surface area contributed by atoms with Gasteiger partial charge >= 0.3 is 0 Å². The van der Waals surface area contributed by atoms with Crippen molar-refractivity contribution in [1.29, 1.82) is 0 Å². The number of likely N-dealkylation sites (tertiary alicyclic amines) is 1. The van der Waals surface area contributed by atoms with Crippen LogP contribution in [0.3, 0.4) is 0 Å². The van der Waals surface area contributed by atoms with Gasteiger partial charge in [-0.2, -0.15) is 0 Å². The Kier molecular flexibility index (Phi) is 5.78. The van der Waals surface area contributed by atoms with Crippen molar-refractivity contribution >= 4 is 5.91 Å². The van der Waals surface area contributed by atoms with Crippen LogP contribution in [0.25, 0.3) is 11.5 Å². The van der Waals surface area contributed by atoms with Crippen LogP contribution < -0.4 is 5.56 Å². The molecule has 1 amide bonds. The number of rotatable bonds is 4. The lowest BCUT2D eigenvalue weighted by Gasteiger charge is -2.33. The number of aromatic nitrogens is 4. The molecular formula is C21H27N5O2. The van der Waals surface area contributed by atoms with Crippen LogP contribution >= 0.6 is 0 Å². The highest BCUT2D eigenvalue weighted by Crippen LogP contribution is 2.30. The highest BCUT2D eigenvalue weighted by atomic mass is 16.2. The number of amides is 1. The van der Waals surface area contributed by atoms with Gasteiger partial charge in [0.25, 0.3) is 5.56 Å². The second-order valence-corrected chi connectivity index (χ2v) is 7.97. The predicted molar refractivity (Wildman–Crippen MR) is 106 cm³/mol. The lowest BCUT2D eigenvalue weighted by atomic mass is 9.86. The molecule has 7 heteroatoms. The van der Waals surface area contributed by atoms with E-state index in [4.69, 9.17) is 0 Å². The van der Waals surface area contributed by atoms with E-state index in [1.807, 2.05) is 4.90 Å². The van der Waals surface area contributed by atoms with Crippen LogP contribution in [0.1, 0.15) is 63.0 Å². The third-order valence-electron chi connectivity index (χ3n) is 6.02. The predicted octanol–water partition coefficient (Wildman–Crippen LogP) is 2.90. The number of carbonyl (C=O) groups excluding carboxylic acids is 1. The van der Waals surface area contributed by atoms with Crippen molar-refractivity contribution < 1.29 is 4.79 Å². The van der Waals surface area contributed by atoms with E-state index in [1.165, 1.54) is 32.1 Å². The van der Waals surface area contributed by atoms with Gasteiger partial charge in [0.05, 0.1) is 11.9 Å². The Hall–Kier alpha value is -2.57. The van der Waals surface area contributed by atoms with Crippen molar-refractivity contribution in [3.63, 3.8) is 0 Å². The van der Waals surface area contributed by atoms with Crippen LogP contribution in [0.2, 0.25) is 0 Å². The molecule has 1 aliphatic carbocycles. The molecule has 148 valence electrons. The third kappa shape index (κ3) is 4.46. The summed E-state index contributed by atoms with van der Waals surface area (Å²) in [5.41, 5.74) is 1.16. The quantitative estimate of drug-likeness (QED) is 0.879. The van der Waals surface area contributed by atoms with Crippen LogP contribution in [-0.4, -0.2) is 43.8 Å². The Morgan fingerprint density at radius 1 is 1.11 bits per heavy atom. The summed E-state index contributed by atoms with van der Waals surface area (Å²) in [6, 6.07) is 1.57. The number of hydrogen-bond acceptors (Lipinski definition) is 5. The molecule has 1 saturated carbocycles. The normalized spacial score (nSPS) is 18.9. The number of nitrogens with one attached hydrogen (secondary N) is 1. The molecule has 7 nitrogen and oxygen atoms in total. The van der Waals surface area contributed by atoms with Crippen LogP contribution in [-0.2, 0) is 4.79 Å². The second kappa shape index (κ2) is 8.63. The Morgan fingerprint density at radius 2 is 1.89 bits per heavy atom. The summed E-state index contributed by atoms with van der Waals surface area (Å²) in [5, 5.41) is 0. The molecular weight excluding hydrogens is 354 g/mol. The van der Waals surface area contributed by atoms with Gasteiger partial charge in [0, 0.05) is 43.9 Å². The maximum absolute atomic E-state index is 12.6. The Morgan fingerprint density at radius 3 is 2.61 bits per heavy atom. The van der Waals surface area contributed by atoms with Gasteiger partial charge in [-0.05, 0) is 31.6 Å². The topological polar surface area (TPSA) is 91.8 Å². The molecule has 0 spiro atoms. The fourth-order valence-corrected chi connectivity index (χ4v) is 4.42. The van der Waals surface area contributed by atoms with Gasteiger partial charge < -0.3 is 9.88 Å². The molecule has 1 saturated heterocycles. The number of aromatic amines is 1. The summed E-state index contributed by atoms with van der Waals surface area (Å²) in [7, 11) is 0. The monoisotopic (exact) mass is 381 g/mol. The SMILES string of the molecule is O=C(CC1CCCCC1)N1CCC(c2cc(=O)[nH]c(-c3cnccn3)n2)CC1. The van der Waals surface area contributed by atoms with E-state index in [0.29, 0.717) is 29.8 Å². The largest absolute Gasteiger partial charge is 0.343 e. The number of carbonyl (C=O) groups is 1. The molecule has 2 fully saturated rings. The first-order valence-corrected chi connectivity index (χ1v) is 10.3. The molecule has 0 atom stereocenters. The number of nitrogens with zero attached hydrogens (tertiary/aromatic N) is 4. The number of hydrogen-bond donors (Lipinski definition) is 1. The van der Waals surface area contributed by atoms with Gasteiger partial charge in [0.1, 0.15) is 5.69 Å². The van der Waals surface area contributed by atoms with Gasteiger partial charge in [0.15, 0.2) is 5.82 Å². The third-order valence-corrected chi connectivity index (χ3v) is 6.02. The van der Waals surface area contributed by atoms with Crippen molar-refractivity contribution in [2.75, 3.05) is 13.1 Å². The molecule has 2 aromatic rings. The lowest BCUT2D eigenvalue weighted by molar-refractivity contribution is -0.133. The molecule has 0 unspecified atom stereocenters. The fraction of sp³-hybridized carbons (Fsp3) is 0.571. The Labute approximate surface area is 164 Å². The first-order chi connectivity index (χ1) is 13.7. The first-order valence-electron chi connectivity index (χ1n) is 10.3. The zero-order chi connectivity index (χ0) is 19.3. The van der Waals surface area contributed by atoms with E-state index >= 15 is 0 Å². The van der Waals surface area contributed by atoms with Gasteiger partial charge in [-0.25, -0.2) is 9.97 Å². The molecule has 4 rings (SSSR count). The summed E-state index contributed by atoms with van der Waals surface area (Å²) in [5.74, 6) is 1.51. The number of piperidine rings is 1. The van der Waals surface area contributed by atoms with Crippen molar-refractivity contribution in [2.45, 2.75) is 57.3 Å². The van der Waals surface area contributed by atoms with Gasteiger partial charge in [-0.1, -0.05) is 19.3 Å². The minimum absolute atomic E-state index is 0.179. The highest BCUT2D eigenvalue weighted by molar-refractivity contribution is 5.76.